The Morgan fingerprint density at radius 1 is 0.577 bits per heavy atom. The molecular weight excluding hydrogens is 340 g/mol. The number of benzene rings is 2. The van der Waals surface area contributed by atoms with Gasteiger partial charge < -0.3 is 9.47 Å². The van der Waals surface area contributed by atoms with Crippen molar-refractivity contribution in [1.29, 1.82) is 0 Å². The first kappa shape index (κ1) is 15.9. The molecule has 0 radical (unpaired) electrons. The molecule has 0 saturated carbocycles. The zero-order chi connectivity index (χ0) is 18.4. The third kappa shape index (κ3) is 2.25. The van der Waals surface area contributed by atoms with E-state index in [-0.39, 0.29) is 22.3 Å². The number of hydrogen-bond donors (Lipinski definition) is 0. The van der Waals surface area contributed by atoms with Crippen LogP contribution in [0.15, 0.2) is 48.5 Å². The van der Waals surface area contributed by atoms with Crippen LogP contribution in [-0.2, 0) is 9.47 Å². The van der Waals surface area contributed by atoms with Gasteiger partial charge in [-0.1, -0.05) is 48.5 Å². The van der Waals surface area contributed by atoms with Crippen molar-refractivity contribution >= 4 is 29.3 Å². The Hall–Kier alpha value is -3.61. The van der Waals surface area contributed by atoms with Gasteiger partial charge in [0.05, 0.1) is 0 Å². The predicted octanol–water partition coefficient (Wildman–Crippen LogP) is 2.04. The van der Waals surface area contributed by atoms with E-state index in [1.807, 2.05) is 0 Å². The highest BCUT2D eigenvalue weighted by atomic mass is 16.7. The zero-order valence-electron chi connectivity index (χ0n) is 13.1. The van der Waals surface area contributed by atoms with Crippen molar-refractivity contribution in [2.45, 2.75) is 12.2 Å². The van der Waals surface area contributed by atoms with E-state index in [0.717, 1.165) is 0 Å². The fourth-order valence-electron chi connectivity index (χ4n) is 3.06. The lowest BCUT2D eigenvalue weighted by atomic mass is 10.1. The van der Waals surface area contributed by atoms with Crippen molar-refractivity contribution in [3.05, 3.63) is 70.8 Å². The van der Waals surface area contributed by atoms with Crippen LogP contribution in [0.25, 0.3) is 0 Å². The van der Waals surface area contributed by atoms with Crippen molar-refractivity contribution in [1.82, 2.24) is 0 Å². The maximum absolute atomic E-state index is 12.2. The van der Waals surface area contributed by atoms with Crippen LogP contribution in [0.4, 0.5) is 4.79 Å². The summed E-state index contributed by atoms with van der Waals surface area (Å²) in [5.74, 6) is -2.69. The standard InChI is InChI=1S/C19H10O7/c20-13-9-5-1-2-6-10(9)14(21)17(13)25-19(24)26-18-15(22)11-7-3-4-8-12(11)16(18)23/h1-8,17-18H. The van der Waals surface area contributed by atoms with Crippen molar-refractivity contribution in [2.24, 2.45) is 0 Å². The summed E-state index contributed by atoms with van der Waals surface area (Å²) in [4.78, 5) is 60.8. The minimum atomic E-state index is -1.67. The van der Waals surface area contributed by atoms with E-state index in [1.54, 1.807) is 24.3 Å². The molecule has 0 N–H and O–H groups in total. The first-order valence-electron chi connectivity index (χ1n) is 7.71. The Kier molecular flexibility index (Phi) is 3.50. The van der Waals surface area contributed by atoms with Crippen molar-refractivity contribution in [3.8, 4) is 0 Å². The molecule has 7 heteroatoms. The lowest BCUT2D eigenvalue weighted by Crippen LogP contribution is -2.34. The largest absolute Gasteiger partial charge is 0.510 e. The van der Waals surface area contributed by atoms with Crippen molar-refractivity contribution in [3.63, 3.8) is 0 Å². The van der Waals surface area contributed by atoms with Gasteiger partial charge in [0.1, 0.15) is 0 Å². The Balaban J connectivity index is 1.50. The first-order valence-corrected chi connectivity index (χ1v) is 7.71. The van der Waals surface area contributed by atoms with Gasteiger partial charge in [-0.05, 0) is 0 Å². The summed E-state index contributed by atoms with van der Waals surface area (Å²) in [6, 6.07) is 12.1. The van der Waals surface area contributed by atoms with Crippen LogP contribution >= 0.6 is 0 Å². The number of Topliss-reactive ketones (excluding diaryl/α,β-unsaturated/α-hetero) is 4. The quantitative estimate of drug-likeness (QED) is 0.603. The minimum absolute atomic E-state index is 0.149. The molecule has 128 valence electrons. The molecule has 0 aromatic heterocycles. The highest BCUT2D eigenvalue weighted by molar-refractivity contribution is 6.30. The van der Waals surface area contributed by atoms with Gasteiger partial charge in [-0.15, -0.1) is 0 Å². The molecule has 7 nitrogen and oxygen atoms in total. The van der Waals surface area contributed by atoms with Gasteiger partial charge in [0.25, 0.3) is 0 Å². The van der Waals surface area contributed by atoms with Crippen LogP contribution in [0.2, 0.25) is 0 Å². The van der Waals surface area contributed by atoms with Gasteiger partial charge in [-0.25, -0.2) is 4.79 Å². The van der Waals surface area contributed by atoms with Gasteiger partial charge >= 0.3 is 6.16 Å². The first-order chi connectivity index (χ1) is 12.5. The summed E-state index contributed by atoms with van der Waals surface area (Å²) in [7, 11) is 0. The average molecular weight is 350 g/mol. The second kappa shape index (κ2) is 5.73. The molecule has 2 aromatic carbocycles. The topological polar surface area (TPSA) is 104 Å². The number of ketones is 4. The molecule has 2 aromatic rings. The van der Waals surface area contributed by atoms with Crippen LogP contribution < -0.4 is 0 Å². The van der Waals surface area contributed by atoms with E-state index < -0.39 is 41.5 Å². The molecule has 4 rings (SSSR count). The van der Waals surface area contributed by atoms with Crippen LogP contribution in [0.3, 0.4) is 0 Å². The van der Waals surface area contributed by atoms with Crippen LogP contribution in [0, 0.1) is 0 Å². The number of carbonyl (C=O) groups excluding carboxylic acids is 5. The Bertz CT molecular complexity index is 855. The SMILES string of the molecule is O=C(OC1C(=O)c2ccccc2C1=O)OC1C(=O)c2ccccc2C1=O. The molecule has 0 atom stereocenters. The van der Waals surface area contributed by atoms with E-state index in [0.29, 0.717) is 0 Å². The lowest BCUT2D eigenvalue weighted by Gasteiger charge is -2.12. The number of hydrogen-bond acceptors (Lipinski definition) is 7. The van der Waals surface area contributed by atoms with E-state index in [1.165, 1.54) is 24.3 Å². The summed E-state index contributed by atoms with van der Waals surface area (Å²) < 4.78 is 9.62. The maximum Gasteiger partial charge on any atom is 0.510 e. The lowest BCUT2D eigenvalue weighted by molar-refractivity contribution is 0.0105. The molecule has 2 aliphatic rings. The summed E-state index contributed by atoms with van der Waals surface area (Å²) in [5.41, 5.74) is 0.595. The molecule has 0 bridgehead atoms. The molecule has 0 saturated heterocycles. The normalized spacial score (nSPS) is 16.6. The molecule has 26 heavy (non-hydrogen) atoms. The number of rotatable bonds is 2. The molecule has 0 fully saturated rings. The van der Waals surface area contributed by atoms with Crippen LogP contribution in [0.1, 0.15) is 41.4 Å². The predicted molar refractivity (Wildman–Crippen MR) is 85.3 cm³/mol. The third-order valence-corrected chi connectivity index (χ3v) is 4.30. The van der Waals surface area contributed by atoms with E-state index in [4.69, 9.17) is 9.47 Å². The van der Waals surface area contributed by atoms with Gasteiger partial charge in [-0.2, -0.15) is 0 Å². The van der Waals surface area contributed by atoms with E-state index in [2.05, 4.69) is 0 Å². The van der Waals surface area contributed by atoms with E-state index >= 15 is 0 Å². The average Bonchev–Trinajstić information content (AvgIpc) is 3.03. The smallest absolute Gasteiger partial charge is 0.414 e. The van der Waals surface area contributed by atoms with Gasteiger partial charge in [0.15, 0.2) is 0 Å². The van der Waals surface area contributed by atoms with Gasteiger partial charge in [0.2, 0.25) is 35.3 Å². The summed E-state index contributed by atoms with van der Waals surface area (Å²) in [6.07, 6.45) is -4.77. The van der Waals surface area contributed by atoms with Gasteiger partial charge in [0, 0.05) is 22.3 Å². The van der Waals surface area contributed by atoms with Gasteiger partial charge in [-0.3, -0.25) is 19.2 Å². The molecule has 0 unspecified atom stereocenters. The number of fused-ring (bicyclic) bond motifs is 2. The molecule has 2 aliphatic carbocycles. The zero-order valence-corrected chi connectivity index (χ0v) is 13.1. The highest BCUT2D eigenvalue weighted by Crippen LogP contribution is 2.27. The molecular formula is C19H10O7. The molecule has 0 spiro atoms. The van der Waals surface area contributed by atoms with Crippen molar-refractivity contribution in [2.75, 3.05) is 0 Å². The summed E-state index contributed by atoms with van der Waals surface area (Å²) >= 11 is 0. The number of ether oxygens (including phenoxy) is 2. The Labute approximate surface area is 146 Å². The Morgan fingerprint density at radius 2 is 0.846 bits per heavy atom. The minimum Gasteiger partial charge on any atom is -0.414 e. The fourth-order valence-corrected chi connectivity index (χ4v) is 3.06. The number of carbonyl (C=O) groups is 5. The Morgan fingerprint density at radius 3 is 1.12 bits per heavy atom. The van der Waals surface area contributed by atoms with Crippen LogP contribution in [-0.4, -0.2) is 41.5 Å². The molecule has 0 heterocycles. The molecule has 0 amide bonds. The maximum atomic E-state index is 12.2. The highest BCUT2D eigenvalue weighted by Gasteiger charge is 2.45. The monoisotopic (exact) mass is 350 g/mol. The molecule has 0 aliphatic heterocycles. The fraction of sp³-hybridized carbons (Fsp3) is 0.105. The second-order valence-electron chi connectivity index (χ2n) is 5.79. The second-order valence-corrected chi connectivity index (χ2v) is 5.79. The summed E-state index contributed by atoms with van der Waals surface area (Å²) in [5, 5.41) is 0. The van der Waals surface area contributed by atoms with Crippen LogP contribution in [0.5, 0.6) is 0 Å². The van der Waals surface area contributed by atoms with Crippen molar-refractivity contribution < 1.29 is 33.4 Å². The third-order valence-electron chi connectivity index (χ3n) is 4.30. The van der Waals surface area contributed by atoms with E-state index in [9.17, 15) is 24.0 Å². The summed E-state index contributed by atoms with van der Waals surface area (Å²) in [6.45, 7) is 0.